The second-order valence-electron chi connectivity index (χ2n) is 6.68. The molecule has 6 nitrogen and oxygen atoms in total. The van der Waals surface area contributed by atoms with Crippen LogP contribution in [0.4, 0.5) is 0 Å². The van der Waals surface area contributed by atoms with Crippen LogP contribution in [0.2, 0.25) is 0 Å². The molecule has 0 atom stereocenters. The predicted molar refractivity (Wildman–Crippen MR) is 124 cm³/mol. The van der Waals surface area contributed by atoms with Crippen molar-refractivity contribution in [2.75, 3.05) is 40.0 Å². The summed E-state index contributed by atoms with van der Waals surface area (Å²) in [6, 6.07) is 8.15. The third kappa shape index (κ3) is 7.38. The molecule has 3 rings (SSSR count). The lowest BCUT2D eigenvalue weighted by Crippen LogP contribution is -2.44. The van der Waals surface area contributed by atoms with Crippen LogP contribution in [0.5, 0.6) is 0 Å². The van der Waals surface area contributed by atoms with E-state index < -0.39 is 0 Å². The van der Waals surface area contributed by atoms with Crippen molar-refractivity contribution in [2.24, 2.45) is 4.99 Å². The number of thiophene rings is 1. The standard InChI is InChI=1S/C20H29N3O3S.HI/c1-24-20(8-13-25-14-9-20)16-23-19(21-10-6-17-4-2-12-26-17)22-11-7-18-5-3-15-27-18;/h2-5,12,15H,6-11,13-14,16H2,1H3,(H2,21,22,23);1H. The summed E-state index contributed by atoms with van der Waals surface area (Å²) in [6.07, 6.45) is 5.27. The number of hydrogen-bond acceptors (Lipinski definition) is 5. The van der Waals surface area contributed by atoms with Gasteiger partial charge in [-0.1, -0.05) is 6.07 Å². The van der Waals surface area contributed by atoms with Crippen molar-refractivity contribution in [1.29, 1.82) is 0 Å². The van der Waals surface area contributed by atoms with Crippen molar-refractivity contribution < 1.29 is 13.9 Å². The maximum Gasteiger partial charge on any atom is 0.191 e. The van der Waals surface area contributed by atoms with Crippen molar-refractivity contribution >= 4 is 41.3 Å². The third-order valence-electron chi connectivity index (χ3n) is 4.85. The summed E-state index contributed by atoms with van der Waals surface area (Å²) in [5, 5.41) is 8.97. The molecule has 0 bridgehead atoms. The minimum Gasteiger partial charge on any atom is -0.469 e. The van der Waals surface area contributed by atoms with Crippen LogP contribution in [0.3, 0.4) is 0 Å². The fourth-order valence-electron chi connectivity index (χ4n) is 3.09. The van der Waals surface area contributed by atoms with E-state index in [1.807, 2.05) is 12.1 Å². The number of ether oxygens (including phenoxy) is 2. The summed E-state index contributed by atoms with van der Waals surface area (Å²) in [5.41, 5.74) is -0.221. The predicted octanol–water partition coefficient (Wildman–Crippen LogP) is 3.48. The Morgan fingerprint density at radius 3 is 2.61 bits per heavy atom. The van der Waals surface area contributed by atoms with Gasteiger partial charge in [-0.25, -0.2) is 0 Å². The van der Waals surface area contributed by atoms with E-state index in [2.05, 4.69) is 28.1 Å². The third-order valence-corrected chi connectivity index (χ3v) is 5.79. The number of methoxy groups -OCH3 is 1. The topological polar surface area (TPSA) is 68.0 Å². The second-order valence-corrected chi connectivity index (χ2v) is 7.71. The molecule has 8 heteroatoms. The fourth-order valence-corrected chi connectivity index (χ4v) is 3.79. The summed E-state index contributed by atoms with van der Waals surface area (Å²) in [7, 11) is 1.77. The van der Waals surface area contributed by atoms with Crippen LogP contribution in [-0.2, 0) is 22.3 Å². The Morgan fingerprint density at radius 2 is 1.96 bits per heavy atom. The lowest BCUT2D eigenvalue weighted by atomic mass is 9.94. The molecule has 0 spiro atoms. The molecule has 2 N–H and O–H groups in total. The molecule has 0 radical (unpaired) electrons. The van der Waals surface area contributed by atoms with E-state index in [-0.39, 0.29) is 29.6 Å². The van der Waals surface area contributed by atoms with Crippen LogP contribution < -0.4 is 10.6 Å². The summed E-state index contributed by atoms with van der Waals surface area (Å²) < 4.78 is 16.7. The Morgan fingerprint density at radius 1 is 1.18 bits per heavy atom. The molecule has 0 saturated carbocycles. The minimum atomic E-state index is -0.221. The van der Waals surface area contributed by atoms with Gasteiger partial charge in [-0.05, 0) is 30.0 Å². The molecule has 0 amide bonds. The first-order valence-electron chi connectivity index (χ1n) is 9.49. The number of hydrogen-bond donors (Lipinski definition) is 2. The molecule has 1 aliphatic heterocycles. The zero-order valence-corrected chi connectivity index (χ0v) is 19.5. The van der Waals surface area contributed by atoms with Crippen molar-refractivity contribution in [3.63, 3.8) is 0 Å². The Labute approximate surface area is 188 Å². The van der Waals surface area contributed by atoms with E-state index in [1.54, 1.807) is 24.7 Å². The largest absolute Gasteiger partial charge is 0.469 e. The Balaban J connectivity index is 0.00000280. The monoisotopic (exact) mass is 519 g/mol. The van der Waals surface area contributed by atoms with Gasteiger partial charge in [-0.3, -0.25) is 4.99 Å². The summed E-state index contributed by atoms with van der Waals surface area (Å²) in [6.45, 7) is 3.70. The summed E-state index contributed by atoms with van der Waals surface area (Å²) in [5.74, 6) is 1.79. The molecule has 156 valence electrons. The SMILES string of the molecule is COC1(CN=C(NCCc2ccco2)NCCc2cccs2)CCOCC1.I. The average Bonchev–Trinajstić information content (AvgIpc) is 3.40. The molecule has 2 aromatic rings. The lowest BCUT2D eigenvalue weighted by Gasteiger charge is -2.34. The average molecular weight is 519 g/mol. The lowest BCUT2D eigenvalue weighted by molar-refractivity contribution is -0.0828. The van der Waals surface area contributed by atoms with E-state index >= 15 is 0 Å². The summed E-state index contributed by atoms with van der Waals surface area (Å²) in [4.78, 5) is 6.19. The number of guanidine groups is 1. The van der Waals surface area contributed by atoms with Crippen LogP contribution in [0, 0.1) is 0 Å². The highest BCUT2D eigenvalue weighted by molar-refractivity contribution is 14.0. The normalized spacial score (nSPS) is 16.4. The summed E-state index contributed by atoms with van der Waals surface area (Å²) >= 11 is 1.78. The first kappa shape index (κ1) is 23.2. The van der Waals surface area contributed by atoms with Gasteiger partial charge in [0.2, 0.25) is 0 Å². The quantitative estimate of drug-likeness (QED) is 0.302. The van der Waals surface area contributed by atoms with E-state index in [9.17, 15) is 0 Å². The smallest absolute Gasteiger partial charge is 0.191 e. The molecule has 28 heavy (non-hydrogen) atoms. The zero-order chi connectivity index (χ0) is 18.8. The van der Waals surface area contributed by atoms with E-state index in [1.165, 1.54) is 4.88 Å². The molecular formula is C20H30IN3O3S. The highest BCUT2D eigenvalue weighted by Gasteiger charge is 2.32. The molecule has 1 saturated heterocycles. The van der Waals surface area contributed by atoms with Gasteiger partial charge in [0.1, 0.15) is 5.76 Å². The number of nitrogens with one attached hydrogen (secondary N) is 2. The number of halogens is 1. The highest BCUT2D eigenvalue weighted by atomic mass is 127. The highest BCUT2D eigenvalue weighted by Crippen LogP contribution is 2.24. The molecule has 0 aromatic carbocycles. The second kappa shape index (κ2) is 12.5. The van der Waals surface area contributed by atoms with Crippen molar-refractivity contribution in [3.05, 3.63) is 46.5 Å². The number of nitrogens with zero attached hydrogens (tertiary/aromatic N) is 1. The number of rotatable bonds is 9. The van der Waals surface area contributed by atoms with E-state index in [0.29, 0.717) is 6.54 Å². The van der Waals surface area contributed by atoms with E-state index in [0.717, 1.165) is 63.7 Å². The van der Waals surface area contributed by atoms with Crippen molar-refractivity contribution in [1.82, 2.24) is 10.6 Å². The van der Waals surface area contributed by atoms with Gasteiger partial charge in [-0.15, -0.1) is 35.3 Å². The molecule has 0 aliphatic carbocycles. The number of furan rings is 1. The minimum absolute atomic E-state index is 0. The Hall–Kier alpha value is -1.10. The molecule has 0 unspecified atom stereocenters. The fraction of sp³-hybridized carbons (Fsp3) is 0.550. The first-order chi connectivity index (χ1) is 13.3. The maximum atomic E-state index is 5.80. The van der Waals surface area contributed by atoms with Gasteiger partial charge in [0.05, 0.1) is 18.4 Å². The van der Waals surface area contributed by atoms with Gasteiger partial charge in [0.15, 0.2) is 5.96 Å². The molecule has 1 aliphatic rings. The van der Waals surface area contributed by atoms with Gasteiger partial charge < -0.3 is 24.5 Å². The van der Waals surface area contributed by atoms with Crippen LogP contribution in [0.15, 0.2) is 45.3 Å². The van der Waals surface area contributed by atoms with Gasteiger partial charge in [0, 0.05) is 57.6 Å². The van der Waals surface area contributed by atoms with Gasteiger partial charge in [0.25, 0.3) is 0 Å². The van der Waals surface area contributed by atoms with Crippen molar-refractivity contribution in [2.45, 2.75) is 31.3 Å². The van der Waals surface area contributed by atoms with Gasteiger partial charge in [-0.2, -0.15) is 0 Å². The Kier molecular flexibility index (Phi) is 10.3. The molecular weight excluding hydrogens is 489 g/mol. The van der Waals surface area contributed by atoms with Gasteiger partial charge >= 0.3 is 0 Å². The zero-order valence-electron chi connectivity index (χ0n) is 16.3. The van der Waals surface area contributed by atoms with Crippen LogP contribution in [-0.4, -0.2) is 51.5 Å². The first-order valence-corrected chi connectivity index (χ1v) is 10.4. The van der Waals surface area contributed by atoms with Crippen molar-refractivity contribution in [3.8, 4) is 0 Å². The molecule has 1 fully saturated rings. The molecule has 3 heterocycles. The molecule has 2 aromatic heterocycles. The van der Waals surface area contributed by atoms with Crippen LogP contribution >= 0.6 is 35.3 Å². The van der Waals surface area contributed by atoms with E-state index in [4.69, 9.17) is 18.9 Å². The Bertz CT molecular complexity index is 629. The maximum absolute atomic E-state index is 5.80. The number of aliphatic imine (C=N–C) groups is 1. The van der Waals surface area contributed by atoms with Crippen LogP contribution in [0.25, 0.3) is 0 Å². The van der Waals surface area contributed by atoms with Crippen LogP contribution in [0.1, 0.15) is 23.5 Å².